The van der Waals surface area contributed by atoms with Crippen molar-refractivity contribution in [3.8, 4) is 0 Å². The molecule has 1 aromatic heterocycles. The van der Waals surface area contributed by atoms with E-state index in [1.54, 1.807) is 6.92 Å². The van der Waals surface area contributed by atoms with Gasteiger partial charge in [-0.2, -0.15) is 0 Å². The fourth-order valence-corrected chi connectivity index (χ4v) is 5.37. The third kappa shape index (κ3) is 4.07. The van der Waals surface area contributed by atoms with Crippen LogP contribution in [0.3, 0.4) is 0 Å². The average Bonchev–Trinajstić information content (AvgIpc) is 3.26. The minimum atomic E-state index is -0.461. The monoisotopic (exact) mass is 410 g/mol. The molecule has 7 nitrogen and oxygen atoms in total. The first kappa shape index (κ1) is 20.1. The summed E-state index contributed by atoms with van der Waals surface area (Å²) in [6.45, 7) is 9.97. The van der Waals surface area contributed by atoms with Crippen LogP contribution in [0.5, 0.6) is 0 Å². The van der Waals surface area contributed by atoms with Crippen molar-refractivity contribution in [3.63, 3.8) is 0 Å². The van der Waals surface area contributed by atoms with Crippen LogP contribution in [0.25, 0.3) is 0 Å². The minimum absolute atomic E-state index is 0.0405. The van der Waals surface area contributed by atoms with E-state index in [4.69, 9.17) is 20.8 Å². The van der Waals surface area contributed by atoms with E-state index in [9.17, 15) is 4.79 Å². The molecule has 156 valence electrons. The van der Waals surface area contributed by atoms with Gasteiger partial charge >= 0.3 is 0 Å². The number of hydrogen-bond donors (Lipinski definition) is 0. The Kier molecular flexibility index (Phi) is 5.95. The summed E-state index contributed by atoms with van der Waals surface area (Å²) >= 11 is 6.03. The second-order valence-corrected chi connectivity index (χ2v) is 9.42. The molecule has 4 rings (SSSR count). The Balaban J connectivity index is 1.49. The molecule has 0 bridgehead atoms. The Hall–Kier alpha value is -1.18. The molecule has 3 saturated heterocycles. The molecule has 0 radical (unpaired) electrons. The molecular weight excluding hydrogens is 380 g/mol. The fourth-order valence-electron chi connectivity index (χ4n) is 5.23. The first-order chi connectivity index (χ1) is 13.5. The van der Waals surface area contributed by atoms with E-state index < -0.39 is 5.38 Å². The van der Waals surface area contributed by atoms with Gasteiger partial charge in [-0.05, 0) is 43.9 Å². The molecule has 3 fully saturated rings. The van der Waals surface area contributed by atoms with Crippen LogP contribution < -0.4 is 0 Å². The molecule has 2 unspecified atom stereocenters. The van der Waals surface area contributed by atoms with Gasteiger partial charge in [0.05, 0.1) is 5.92 Å². The number of aromatic nitrogens is 2. The van der Waals surface area contributed by atoms with Gasteiger partial charge in [0, 0.05) is 52.9 Å². The lowest BCUT2D eigenvalue weighted by Gasteiger charge is -2.42. The highest BCUT2D eigenvalue weighted by atomic mass is 35.5. The highest BCUT2D eigenvalue weighted by Gasteiger charge is 2.51. The normalized spacial score (nSPS) is 27.4. The van der Waals surface area contributed by atoms with Crippen LogP contribution in [-0.4, -0.2) is 77.2 Å². The van der Waals surface area contributed by atoms with E-state index in [-0.39, 0.29) is 17.2 Å². The molecule has 28 heavy (non-hydrogen) atoms. The summed E-state index contributed by atoms with van der Waals surface area (Å²) in [5.74, 6) is 2.36. The number of halogens is 1. The number of aryl methyl sites for hydroxylation is 1. The topological polar surface area (TPSA) is 71.7 Å². The van der Waals surface area contributed by atoms with Gasteiger partial charge in [-0.3, -0.25) is 4.79 Å². The quantitative estimate of drug-likeness (QED) is 0.710. The van der Waals surface area contributed by atoms with Crippen LogP contribution in [0.4, 0.5) is 0 Å². The number of amides is 1. The highest BCUT2D eigenvalue weighted by molar-refractivity contribution is 6.30. The van der Waals surface area contributed by atoms with Crippen molar-refractivity contribution in [1.29, 1.82) is 0 Å². The number of nitrogens with zero attached hydrogens (tertiary/aromatic N) is 4. The number of rotatable bonds is 4. The molecule has 0 aromatic carbocycles. The average molecular weight is 411 g/mol. The molecule has 8 heteroatoms. The Labute approximate surface area is 171 Å². The number of carbonyl (C=O) groups is 1. The summed E-state index contributed by atoms with van der Waals surface area (Å²) in [6, 6.07) is 0. The molecule has 2 atom stereocenters. The molecule has 1 aromatic rings. The van der Waals surface area contributed by atoms with Crippen LogP contribution in [0.15, 0.2) is 4.42 Å². The Morgan fingerprint density at radius 2 is 2.00 bits per heavy atom. The summed E-state index contributed by atoms with van der Waals surface area (Å²) in [5.41, 5.74) is 0.0937. The van der Waals surface area contributed by atoms with Crippen molar-refractivity contribution >= 4 is 17.5 Å². The number of carbonyl (C=O) groups excluding carboxylic acids is 1. The Bertz CT molecular complexity index is 681. The van der Waals surface area contributed by atoms with Gasteiger partial charge in [0.15, 0.2) is 0 Å². The van der Waals surface area contributed by atoms with Gasteiger partial charge in [0.25, 0.3) is 0 Å². The molecule has 0 saturated carbocycles. The van der Waals surface area contributed by atoms with Crippen molar-refractivity contribution in [2.75, 3.05) is 45.9 Å². The van der Waals surface area contributed by atoms with Gasteiger partial charge in [0.2, 0.25) is 17.7 Å². The van der Waals surface area contributed by atoms with E-state index in [1.165, 1.54) is 0 Å². The first-order valence-electron chi connectivity index (χ1n) is 10.5. The number of alkyl halides is 1. The second-order valence-electron chi connectivity index (χ2n) is 8.77. The molecule has 4 heterocycles. The standard InChI is InChI=1S/C20H31ClN4O3/c1-14(21)19(26)25-7-5-20(6-8-25)13-24(11-16-3-9-27-10-4-16)12-17(20)18-23-22-15(2)28-18/h14,16-17H,3-13H2,1-2H3. The van der Waals surface area contributed by atoms with E-state index in [0.29, 0.717) is 11.8 Å². The van der Waals surface area contributed by atoms with Crippen molar-refractivity contribution in [2.24, 2.45) is 11.3 Å². The van der Waals surface area contributed by atoms with Gasteiger partial charge < -0.3 is 19.0 Å². The van der Waals surface area contributed by atoms with Gasteiger partial charge in [0.1, 0.15) is 5.38 Å². The second kappa shape index (κ2) is 8.28. The fraction of sp³-hybridized carbons (Fsp3) is 0.850. The number of ether oxygens (including phenoxy) is 1. The van der Waals surface area contributed by atoms with Crippen molar-refractivity contribution in [1.82, 2.24) is 20.0 Å². The predicted molar refractivity (Wildman–Crippen MR) is 105 cm³/mol. The lowest BCUT2D eigenvalue weighted by atomic mass is 9.70. The Morgan fingerprint density at radius 3 is 2.61 bits per heavy atom. The summed E-state index contributed by atoms with van der Waals surface area (Å²) in [7, 11) is 0. The Morgan fingerprint density at radius 1 is 1.29 bits per heavy atom. The van der Waals surface area contributed by atoms with Crippen LogP contribution in [-0.2, 0) is 9.53 Å². The van der Waals surface area contributed by atoms with E-state index in [1.807, 2.05) is 11.8 Å². The van der Waals surface area contributed by atoms with Crippen LogP contribution in [0.2, 0.25) is 0 Å². The van der Waals surface area contributed by atoms with Gasteiger partial charge in [-0.1, -0.05) is 0 Å². The molecule has 3 aliphatic heterocycles. The maximum atomic E-state index is 12.3. The van der Waals surface area contributed by atoms with E-state index in [2.05, 4.69) is 15.1 Å². The molecule has 0 N–H and O–H groups in total. The molecule has 1 amide bonds. The summed E-state index contributed by atoms with van der Waals surface area (Å²) < 4.78 is 11.4. The largest absolute Gasteiger partial charge is 0.425 e. The molecule has 1 spiro atoms. The van der Waals surface area contributed by atoms with Gasteiger partial charge in [-0.25, -0.2) is 0 Å². The molecule has 0 aliphatic carbocycles. The smallest absolute Gasteiger partial charge is 0.240 e. The lowest BCUT2D eigenvalue weighted by molar-refractivity contribution is -0.132. The van der Waals surface area contributed by atoms with Crippen LogP contribution >= 0.6 is 11.6 Å². The number of hydrogen-bond acceptors (Lipinski definition) is 6. The highest BCUT2D eigenvalue weighted by Crippen LogP contribution is 2.49. The zero-order valence-corrected chi connectivity index (χ0v) is 17.7. The predicted octanol–water partition coefficient (Wildman–Crippen LogP) is 2.44. The van der Waals surface area contributed by atoms with E-state index in [0.717, 1.165) is 77.5 Å². The maximum absolute atomic E-state index is 12.3. The zero-order chi connectivity index (χ0) is 19.7. The van der Waals surface area contributed by atoms with Crippen LogP contribution in [0, 0.1) is 18.3 Å². The SMILES string of the molecule is Cc1nnc(C2CN(CC3CCOCC3)CC23CCN(C(=O)C(C)Cl)CC3)o1. The van der Waals surface area contributed by atoms with Crippen LogP contribution in [0.1, 0.15) is 50.3 Å². The first-order valence-corrected chi connectivity index (χ1v) is 10.9. The number of piperidine rings is 1. The third-order valence-electron chi connectivity index (χ3n) is 6.83. The van der Waals surface area contributed by atoms with E-state index >= 15 is 0 Å². The van der Waals surface area contributed by atoms with Crippen molar-refractivity contribution in [3.05, 3.63) is 11.8 Å². The molecular formula is C20H31ClN4O3. The third-order valence-corrected chi connectivity index (χ3v) is 7.01. The summed E-state index contributed by atoms with van der Waals surface area (Å²) in [6.07, 6.45) is 4.20. The summed E-state index contributed by atoms with van der Waals surface area (Å²) in [5, 5.41) is 8.00. The zero-order valence-electron chi connectivity index (χ0n) is 16.9. The van der Waals surface area contributed by atoms with Gasteiger partial charge in [-0.15, -0.1) is 21.8 Å². The maximum Gasteiger partial charge on any atom is 0.240 e. The lowest BCUT2D eigenvalue weighted by Crippen LogP contribution is -2.47. The molecule has 3 aliphatic rings. The minimum Gasteiger partial charge on any atom is -0.425 e. The summed E-state index contributed by atoms with van der Waals surface area (Å²) in [4.78, 5) is 16.8. The number of likely N-dealkylation sites (tertiary alicyclic amines) is 2. The van der Waals surface area contributed by atoms with Crippen molar-refractivity contribution < 1.29 is 13.9 Å². The van der Waals surface area contributed by atoms with Crippen molar-refractivity contribution in [2.45, 2.75) is 50.8 Å².